The molecule has 2 aromatic rings. The number of nitrogens with zero attached hydrogens (tertiary/aromatic N) is 1. The van der Waals surface area contributed by atoms with Crippen LogP contribution < -0.4 is 5.32 Å². The molecule has 136 valence electrons. The third kappa shape index (κ3) is 4.25. The van der Waals surface area contributed by atoms with E-state index in [2.05, 4.69) is 12.2 Å². The van der Waals surface area contributed by atoms with Crippen LogP contribution in [0.1, 0.15) is 46.0 Å². The van der Waals surface area contributed by atoms with E-state index < -0.39 is 0 Å². The quantitative estimate of drug-likeness (QED) is 0.845. The number of carbonyl (C=O) groups excluding carboxylic acids is 2. The summed E-state index contributed by atoms with van der Waals surface area (Å²) in [4.78, 5) is 27.2. The second-order valence-electron chi connectivity index (χ2n) is 7.00. The van der Waals surface area contributed by atoms with Gasteiger partial charge in [-0.15, -0.1) is 0 Å². The van der Waals surface area contributed by atoms with Gasteiger partial charge in [0.1, 0.15) is 0 Å². The van der Waals surface area contributed by atoms with Gasteiger partial charge in [-0.1, -0.05) is 30.7 Å². The molecule has 2 aromatic carbocycles. The largest absolute Gasteiger partial charge is 0.338 e. The Balaban J connectivity index is 1.74. The first-order valence-electron chi connectivity index (χ1n) is 8.91. The zero-order valence-electron chi connectivity index (χ0n) is 15.1. The van der Waals surface area contributed by atoms with Crippen LogP contribution in [0, 0.1) is 12.8 Å². The molecule has 1 saturated heterocycles. The summed E-state index contributed by atoms with van der Waals surface area (Å²) in [5.41, 5.74) is 2.59. The minimum Gasteiger partial charge on any atom is -0.338 e. The Morgan fingerprint density at radius 2 is 1.92 bits per heavy atom. The maximum Gasteiger partial charge on any atom is 0.255 e. The number of piperidine rings is 1. The summed E-state index contributed by atoms with van der Waals surface area (Å²) in [6.07, 6.45) is 2.19. The monoisotopic (exact) mass is 370 g/mol. The van der Waals surface area contributed by atoms with Crippen molar-refractivity contribution in [3.8, 4) is 0 Å². The molecule has 0 bridgehead atoms. The number of benzene rings is 2. The molecule has 1 aliphatic heterocycles. The number of hydrogen-bond acceptors (Lipinski definition) is 2. The van der Waals surface area contributed by atoms with Crippen LogP contribution >= 0.6 is 11.6 Å². The van der Waals surface area contributed by atoms with E-state index in [4.69, 9.17) is 11.6 Å². The maximum absolute atomic E-state index is 12.7. The molecule has 4 nitrogen and oxygen atoms in total. The van der Waals surface area contributed by atoms with Gasteiger partial charge in [-0.2, -0.15) is 0 Å². The standard InChI is InChI=1S/C21H23ClN2O2/c1-14-5-4-10-24(13-14)21(26)17-7-3-6-16(11-17)20(25)23-18-9-8-15(2)19(22)12-18/h3,6-9,11-12,14H,4-5,10,13H2,1-2H3,(H,23,25). The fraction of sp³-hybridized carbons (Fsp3) is 0.333. The van der Waals surface area contributed by atoms with E-state index in [1.165, 1.54) is 0 Å². The molecule has 5 heteroatoms. The molecule has 0 aliphatic carbocycles. The van der Waals surface area contributed by atoms with Crippen LogP contribution in [-0.4, -0.2) is 29.8 Å². The van der Waals surface area contributed by atoms with Crippen LogP contribution in [0.5, 0.6) is 0 Å². The zero-order chi connectivity index (χ0) is 18.7. The molecule has 1 heterocycles. The van der Waals surface area contributed by atoms with Crippen LogP contribution in [0.2, 0.25) is 5.02 Å². The van der Waals surface area contributed by atoms with Gasteiger partial charge in [0, 0.05) is 34.9 Å². The molecule has 1 fully saturated rings. The van der Waals surface area contributed by atoms with E-state index in [9.17, 15) is 9.59 Å². The lowest BCUT2D eigenvalue weighted by atomic mass is 9.99. The molecule has 0 aromatic heterocycles. The third-order valence-corrected chi connectivity index (χ3v) is 5.15. The van der Waals surface area contributed by atoms with E-state index in [1.54, 1.807) is 30.3 Å². The minimum atomic E-state index is -0.258. The third-order valence-electron chi connectivity index (χ3n) is 4.75. The summed E-state index contributed by atoms with van der Waals surface area (Å²) in [5, 5.41) is 3.43. The summed E-state index contributed by atoms with van der Waals surface area (Å²) < 4.78 is 0. The molecule has 1 unspecified atom stereocenters. The predicted octanol–water partition coefficient (Wildman–Crippen LogP) is 4.77. The van der Waals surface area contributed by atoms with Gasteiger partial charge < -0.3 is 10.2 Å². The predicted molar refractivity (Wildman–Crippen MR) is 105 cm³/mol. The molecule has 0 spiro atoms. The van der Waals surface area contributed by atoms with Gasteiger partial charge in [0.2, 0.25) is 0 Å². The number of aryl methyl sites for hydroxylation is 1. The van der Waals surface area contributed by atoms with Gasteiger partial charge >= 0.3 is 0 Å². The lowest BCUT2D eigenvalue weighted by Gasteiger charge is -2.31. The van der Waals surface area contributed by atoms with E-state index in [0.29, 0.717) is 27.8 Å². The second-order valence-corrected chi connectivity index (χ2v) is 7.40. The molecule has 2 amide bonds. The smallest absolute Gasteiger partial charge is 0.255 e. The van der Waals surface area contributed by atoms with Crippen LogP contribution in [-0.2, 0) is 0 Å². The highest BCUT2D eigenvalue weighted by Crippen LogP contribution is 2.21. The van der Waals surface area contributed by atoms with Crippen LogP contribution in [0.25, 0.3) is 0 Å². The average molecular weight is 371 g/mol. The van der Waals surface area contributed by atoms with E-state index >= 15 is 0 Å². The Kier molecular flexibility index (Phi) is 5.62. The molecule has 1 N–H and O–H groups in total. The lowest BCUT2D eigenvalue weighted by Crippen LogP contribution is -2.39. The number of halogens is 1. The van der Waals surface area contributed by atoms with E-state index in [1.807, 2.05) is 24.0 Å². The van der Waals surface area contributed by atoms with Gasteiger partial charge in [-0.3, -0.25) is 9.59 Å². The maximum atomic E-state index is 12.7. The fourth-order valence-corrected chi connectivity index (χ4v) is 3.40. The Bertz CT molecular complexity index is 835. The molecule has 1 atom stereocenters. The van der Waals surface area contributed by atoms with Crippen molar-refractivity contribution in [2.24, 2.45) is 5.92 Å². The first-order chi connectivity index (χ1) is 12.4. The van der Waals surface area contributed by atoms with Gasteiger partial charge in [0.05, 0.1) is 0 Å². The first-order valence-corrected chi connectivity index (χ1v) is 9.28. The highest BCUT2D eigenvalue weighted by molar-refractivity contribution is 6.31. The Morgan fingerprint density at radius 1 is 1.15 bits per heavy atom. The van der Waals surface area contributed by atoms with E-state index in [0.717, 1.165) is 31.5 Å². The molecular formula is C21H23ClN2O2. The van der Waals surface area contributed by atoms with E-state index in [-0.39, 0.29) is 11.8 Å². The Hall–Kier alpha value is -2.33. The second kappa shape index (κ2) is 7.92. The SMILES string of the molecule is Cc1ccc(NC(=O)c2cccc(C(=O)N3CCCC(C)C3)c2)cc1Cl. The number of hydrogen-bond donors (Lipinski definition) is 1. The van der Waals surface area contributed by atoms with Gasteiger partial charge in [0.25, 0.3) is 11.8 Å². The summed E-state index contributed by atoms with van der Waals surface area (Å²) >= 11 is 6.11. The average Bonchev–Trinajstić information content (AvgIpc) is 2.64. The number of anilines is 1. The van der Waals surface area contributed by atoms with Crippen molar-refractivity contribution < 1.29 is 9.59 Å². The number of amides is 2. The first kappa shape index (κ1) is 18.5. The van der Waals surface area contributed by atoms with Crippen molar-refractivity contribution >= 4 is 29.1 Å². The van der Waals surface area contributed by atoms with Gasteiger partial charge in [-0.25, -0.2) is 0 Å². The minimum absolute atomic E-state index is 0.00965. The number of rotatable bonds is 3. The highest BCUT2D eigenvalue weighted by atomic mass is 35.5. The van der Waals surface area contributed by atoms with Crippen molar-refractivity contribution in [2.45, 2.75) is 26.7 Å². The molecule has 3 rings (SSSR count). The Labute approximate surface area is 159 Å². The highest BCUT2D eigenvalue weighted by Gasteiger charge is 2.22. The van der Waals surface area contributed by atoms with Crippen LogP contribution in [0.15, 0.2) is 42.5 Å². The molecule has 26 heavy (non-hydrogen) atoms. The number of nitrogens with one attached hydrogen (secondary N) is 1. The molecule has 0 saturated carbocycles. The Morgan fingerprint density at radius 3 is 2.65 bits per heavy atom. The topological polar surface area (TPSA) is 49.4 Å². The molecular weight excluding hydrogens is 348 g/mol. The molecule has 1 aliphatic rings. The molecule has 0 radical (unpaired) electrons. The van der Waals surface area contributed by atoms with Crippen molar-refractivity contribution in [1.29, 1.82) is 0 Å². The van der Waals surface area contributed by atoms with Crippen molar-refractivity contribution in [2.75, 3.05) is 18.4 Å². The number of likely N-dealkylation sites (tertiary alicyclic amines) is 1. The van der Waals surface area contributed by atoms with Crippen molar-refractivity contribution in [1.82, 2.24) is 4.90 Å². The number of carbonyl (C=O) groups is 2. The van der Waals surface area contributed by atoms with Crippen molar-refractivity contribution in [3.05, 3.63) is 64.2 Å². The summed E-state index contributed by atoms with van der Waals surface area (Å²) in [5.74, 6) is 0.252. The fourth-order valence-electron chi connectivity index (χ4n) is 3.22. The van der Waals surface area contributed by atoms with Crippen LogP contribution in [0.4, 0.5) is 5.69 Å². The summed E-state index contributed by atoms with van der Waals surface area (Å²) in [6, 6.07) is 12.3. The summed E-state index contributed by atoms with van der Waals surface area (Å²) in [6.45, 7) is 5.62. The summed E-state index contributed by atoms with van der Waals surface area (Å²) in [7, 11) is 0. The van der Waals surface area contributed by atoms with Gasteiger partial charge in [-0.05, 0) is 61.6 Å². The lowest BCUT2D eigenvalue weighted by molar-refractivity contribution is 0.0683. The van der Waals surface area contributed by atoms with Crippen LogP contribution in [0.3, 0.4) is 0 Å². The zero-order valence-corrected chi connectivity index (χ0v) is 15.8. The van der Waals surface area contributed by atoms with Gasteiger partial charge in [0.15, 0.2) is 0 Å². The normalized spacial score (nSPS) is 17.0. The van der Waals surface area contributed by atoms with Crippen molar-refractivity contribution in [3.63, 3.8) is 0 Å².